The molecule has 0 bridgehead atoms. The minimum atomic E-state index is -0.552. The average Bonchev–Trinajstić information content (AvgIpc) is 2.90. The summed E-state index contributed by atoms with van der Waals surface area (Å²) < 4.78 is 2.47. The van der Waals surface area contributed by atoms with Gasteiger partial charge in [-0.2, -0.15) is 0 Å². The van der Waals surface area contributed by atoms with Crippen molar-refractivity contribution in [2.24, 2.45) is 11.5 Å². The first kappa shape index (κ1) is 32.0. The molecule has 0 aliphatic carbocycles. The first-order valence-electron chi connectivity index (χ1n) is 13.8. The number of benzene rings is 2. The van der Waals surface area contributed by atoms with Crippen LogP contribution in [-0.4, -0.2) is 17.0 Å². The standard InChI is InChI=1S/C30H48N3.2BrH.Co/c1-7-21-17-23(9-3)29(24(10-4)18-21)27(31)13-15-33-16-14-28(32)30-25(11-5)19-22(8-2)20-26(30)12-6;;;/h17-20,27-28H,7-16,31-32H2,1-6H3;2*1H;/q-1;;;+3/p-2. The van der Waals surface area contributed by atoms with E-state index >= 15 is 0 Å². The van der Waals surface area contributed by atoms with Crippen molar-refractivity contribution < 1.29 is 10.3 Å². The summed E-state index contributed by atoms with van der Waals surface area (Å²) in [5, 5.41) is 0. The van der Waals surface area contributed by atoms with Gasteiger partial charge in [0, 0.05) is 0 Å². The van der Waals surface area contributed by atoms with E-state index in [0.717, 1.165) is 64.5 Å². The quantitative estimate of drug-likeness (QED) is 0.202. The van der Waals surface area contributed by atoms with E-state index in [1.54, 1.807) is 0 Å². The van der Waals surface area contributed by atoms with Gasteiger partial charge in [-0.1, -0.05) is 0 Å². The van der Waals surface area contributed by atoms with E-state index in [2.05, 4.69) is 98.1 Å². The van der Waals surface area contributed by atoms with Crippen LogP contribution in [0, 0.1) is 0 Å². The number of aryl methyl sites for hydroxylation is 6. The Kier molecular flexibility index (Phi) is 14.2. The third-order valence-electron chi connectivity index (χ3n) is 7.41. The molecule has 2 aromatic rings. The van der Waals surface area contributed by atoms with Gasteiger partial charge in [-0.15, -0.1) is 0 Å². The van der Waals surface area contributed by atoms with E-state index in [-0.39, 0.29) is 12.1 Å². The van der Waals surface area contributed by atoms with Gasteiger partial charge in [0.2, 0.25) is 0 Å². The van der Waals surface area contributed by atoms with Gasteiger partial charge in [-0.25, -0.2) is 0 Å². The predicted octanol–water partition coefficient (Wildman–Crippen LogP) is 8.00. The van der Waals surface area contributed by atoms with Crippen LogP contribution >= 0.6 is 28.3 Å². The number of halogens is 2. The van der Waals surface area contributed by atoms with Crippen LogP contribution in [0.15, 0.2) is 24.3 Å². The molecule has 0 amide bonds. The number of nitrogens with two attached hydrogens (primary N) is 2. The second kappa shape index (κ2) is 16.0. The van der Waals surface area contributed by atoms with Crippen molar-refractivity contribution in [1.82, 2.24) is 3.95 Å². The normalized spacial score (nSPS) is 13.8. The zero-order chi connectivity index (χ0) is 26.8. The molecule has 206 valence electrons. The van der Waals surface area contributed by atoms with Gasteiger partial charge >= 0.3 is 241 Å². The summed E-state index contributed by atoms with van der Waals surface area (Å²) in [4.78, 5) is 0. The Bertz CT molecular complexity index is 840. The van der Waals surface area contributed by atoms with Crippen molar-refractivity contribution in [1.29, 1.82) is 0 Å². The van der Waals surface area contributed by atoms with Crippen LogP contribution in [0.2, 0.25) is 0 Å². The maximum absolute atomic E-state index is 6.86. The molecule has 3 nitrogen and oxygen atoms in total. The molecule has 0 aromatic heterocycles. The van der Waals surface area contributed by atoms with Crippen molar-refractivity contribution in [2.45, 2.75) is 105 Å². The Balaban J connectivity index is 2.15. The van der Waals surface area contributed by atoms with Gasteiger partial charge < -0.3 is 0 Å². The number of hydrogen-bond donors (Lipinski definition) is 2. The Hall–Kier alpha value is -0.214. The molecule has 2 rings (SSSR count). The van der Waals surface area contributed by atoms with E-state index in [9.17, 15) is 0 Å². The Labute approximate surface area is 239 Å². The molecule has 0 saturated heterocycles. The SMILES string of the molecule is CCc1cc(CC)c(C(N)CC[N](CCC(N)c2c(CC)cc(CC)cc2CC)[Co]([Br])[Br])c(CC)c1. The van der Waals surface area contributed by atoms with Gasteiger partial charge in [-0.05, 0) is 0 Å². The molecule has 4 N–H and O–H groups in total. The van der Waals surface area contributed by atoms with Gasteiger partial charge in [0.25, 0.3) is 0 Å². The number of nitrogens with zero attached hydrogens (tertiary/aromatic N) is 1. The van der Waals surface area contributed by atoms with Crippen molar-refractivity contribution >= 4 is 28.3 Å². The Morgan fingerprint density at radius 3 is 1.14 bits per heavy atom. The summed E-state index contributed by atoms with van der Waals surface area (Å²) in [6.07, 6.45) is 8.13. The van der Waals surface area contributed by atoms with Crippen LogP contribution in [0.1, 0.15) is 111 Å². The van der Waals surface area contributed by atoms with Gasteiger partial charge in [-0.3, -0.25) is 0 Å². The van der Waals surface area contributed by atoms with E-state index in [1.807, 2.05) is 0 Å². The van der Waals surface area contributed by atoms with Crippen LogP contribution in [0.5, 0.6) is 0 Å². The zero-order valence-electron chi connectivity index (χ0n) is 23.2. The summed E-state index contributed by atoms with van der Waals surface area (Å²) in [6.45, 7) is 15.3. The molecule has 2 atom stereocenters. The zero-order valence-corrected chi connectivity index (χ0v) is 27.4. The Morgan fingerprint density at radius 1 is 0.611 bits per heavy atom. The summed E-state index contributed by atoms with van der Waals surface area (Å²) in [5.74, 6) is 0. The second-order valence-electron chi connectivity index (χ2n) is 9.61. The van der Waals surface area contributed by atoms with Gasteiger partial charge in [0.1, 0.15) is 0 Å². The Morgan fingerprint density at radius 2 is 0.917 bits per heavy atom. The first-order chi connectivity index (χ1) is 17.2. The van der Waals surface area contributed by atoms with Crippen LogP contribution in [0.4, 0.5) is 0 Å². The molecule has 0 saturated carbocycles. The van der Waals surface area contributed by atoms with Crippen LogP contribution in [0.25, 0.3) is 0 Å². The monoisotopic (exact) mass is 667 g/mol. The summed E-state index contributed by atoms with van der Waals surface area (Å²) in [6, 6.07) is 9.57. The molecule has 0 fully saturated rings. The molecule has 6 heteroatoms. The fourth-order valence-electron chi connectivity index (χ4n) is 5.29. The molecule has 0 spiro atoms. The molecule has 0 aliphatic heterocycles. The third-order valence-corrected chi connectivity index (χ3v) is 11.1. The topological polar surface area (TPSA) is 55.3 Å². The molecule has 0 radical (unpaired) electrons. The van der Waals surface area contributed by atoms with E-state index in [1.165, 1.54) is 44.5 Å². The molecule has 2 unspecified atom stereocenters. The molecule has 36 heavy (non-hydrogen) atoms. The van der Waals surface area contributed by atoms with Crippen LogP contribution in [0.3, 0.4) is 0 Å². The van der Waals surface area contributed by atoms with Crippen molar-refractivity contribution in [2.75, 3.05) is 13.1 Å². The van der Waals surface area contributed by atoms with E-state index < -0.39 is 10.3 Å². The maximum atomic E-state index is 6.86. The van der Waals surface area contributed by atoms with Crippen LogP contribution < -0.4 is 11.5 Å². The summed E-state index contributed by atoms with van der Waals surface area (Å²) >= 11 is 7.65. The molecule has 0 aliphatic rings. The first-order valence-corrected chi connectivity index (χ1v) is 19.4. The van der Waals surface area contributed by atoms with E-state index in [4.69, 9.17) is 11.5 Å². The van der Waals surface area contributed by atoms with Crippen LogP contribution in [-0.2, 0) is 48.8 Å². The fourth-order valence-corrected chi connectivity index (χ4v) is 7.86. The van der Waals surface area contributed by atoms with Crippen molar-refractivity contribution in [3.05, 3.63) is 68.8 Å². The van der Waals surface area contributed by atoms with Gasteiger partial charge in [0.15, 0.2) is 0 Å². The fraction of sp³-hybridized carbons (Fsp3) is 0.600. The number of hydrogen-bond acceptors (Lipinski definition) is 3. The summed E-state index contributed by atoms with van der Waals surface area (Å²) in [7, 11) is -0.552. The minimum absolute atomic E-state index is 0.0477. The molecular formula is C30H48Br2CoN3. The number of rotatable bonds is 15. The predicted molar refractivity (Wildman–Crippen MR) is 162 cm³/mol. The molecular weight excluding hydrogens is 621 g/mol. The average molecular weight is 669 g/mol. The van der Waals surface area contributed by atoms with Crippen molar-refractivity contribution in [3.63, 3.8) is 0 Å². The van der Waals surface area contributed by atoms with Gasteiger partial charge in [0.05, 0.1) is 0 Å². The third kappa shape index (κ3) is 8.39. The van der Waals surface area contributed by atoms with E-state index in [0.29, 0.717) is 0 Å². The molecule has 0 heterocycles. The second-order valence-corrected chi connectivity index (χ2v) is 17.8. The molecule has 2 aromatic carbocycles. The summed E-state index contributed by atoms with van der Waals surface area (Å²) in [5.41, 5.74) is 25.0. The van der Waals surface area contributed by atoms with Crippen molar-refractivity contribution in [3.8, 4) is 0 Å².